The molecule has 294 valence electrons. The molecule has 1 saturated heterocycles. The van der Waals surface area contributed by atoms with Gasteiger partial charge in [-0.25, -0.2) is 14.2 Å². The Balaban J connectivity index is 0.00000285. The SMILES string of the molecule is CC.CCC(C)C(=O)NC1(CC)CCN(C2CCc3cc(-c4cccc(-c5c(F)ccc(NC(=O)c6cn(C)c(=O)n(C)c6=O)c5C)c4Cl)nc(OC)c32)C1. The first-order chi connectivity index (χ1) is 26.2. The number of likely N-dealkylation sites (tertiary alicyclic amines) is 1. The zero-order chi connectivity index (χ0) is 40.4. The summed E-state index contributed by atoms with van der Waals surface area (Å²) in [5.41, 5.74) is 2.78. The molecule has 2 amide bonds. The minimum atomic E-state index is -0.745. The van der Waals surface area contributed by atoms with Gasteiger partial charge in [0.1, 0.15) is 11.4 Å². The Morgan fingerprint density at radius 1 is 1.13 bits per heavy atom. The summed E-state index contributed by atoms with van der Waals surface area (Å²) in [4.78, 5) is 58.4. The van der Waals surface area contributed by atoms with E-state index in [2.05, 4.69) is 22.5 Å². The number of halogens is 2. The molecule has 3 unspecified atom stereocenters. The number of amides is 2. The lowest BCUT2D eigenvalue weighted by molar-refractivity contribution is -0.126. The Morgan fingerprint density at radius 3 is 2.51 bits per heavy atom. The number of hydrogen-bond donors (Lipinski definition) is 2. The molecule has 1 aliphatic carbocycles. The van der Waals surface area contributed by atoms with Gasteiger partial charge in [-0.05, 0) is 68.4 Å². The smallest absolute Gasteiger partial charge is 0.330 e. The maximum absolute atomic E-state index is 15.7. The molecule has 0 radical (unpaired) electrons. The van der Waals surface area contributed by atoms with Crippen LogP contribution < -0.4 is 26.6 Å². The van der Waals surface area contributed by atoms with E-state index in [-0.39, 0.29) is 45.2 Å². The summed E-state index contributed by atoms with van der Waals surface area (Å²) in [5, 5.41) is 6.36. The van der Waals surface area contributed by atoms with E-state index in [1.807, 2.05) is 39.8 Å². The predicted octanol–water partition coefficient (Wildman–Crippen LogP) is 7.21. The highest BCUT2D eigenvalue weighted by atomic mass is 35.5. The van der Waals surface area contributed by atoms with Crippen molar-refractivity contribution >= 4 is 29.1 Å². The lowest BCUT2D eigenvalue weighted by Gasteiger charge is -2.32. The van der Waals surface area contributed by atoms with Crippen molar-refractivity contribution in [2.45, 2.75) is 85.2 Å². The van der Waals surface area contributed by atoms with Gasteiger partial charge in [-0.1, -0.05) is 64.4 Å². The van der Waals surface area contributed by atoms with Gasteiger partial charge < -0.3 is 19.9 Å². The molecule has 4 aromatic rings. The summed E-state index contributed by atoms with van der Waals surface area (Å²) >= 11 is 7.09. The fraction of sp³-hybridized carbons (Fsp3) is 0.452. The van der Waals surface area contributed by atoms with Crippen LogP contribution in [0.4, 0.5) is 10.1 Å². The zero-order valence-electron chi connectivity index (χ0n) is 33.2. The number of nitrogens with one attached hydrogen (secondary N) is 2. The van der Waals surface area contributed by atoms with E-state index >= 15 is 4.39 Å². The van der Waals surface area contributed by atoms with Crippen LogP contribution in [0.25, 0.3) is 22.4 Å². The number of fused-ring (bicyclic) bond motifs is 1. The molecule has 0 spiro atoms. The molecule has 2 aromatic heterocycles. The predicted molar refractivity (Wildman–Crippen MR) is 215 cm³/mol. The number of nitrogens with zero attached hydrogens (tertiary/aromatic N) is 4. The summed E-state index contributed by atoms with van der Waals surface area (Å²) in [5.74, 6) is -0.705. The van der Waals surface area contributed by atoms with Gasteiger partial charge in [-0.2, -0.15) is 0 Å². The van der Waals surface area contributed by atoms with Crippen LogP contribution in [0.1, 0.15) is 93.4 Å². The van der Waals surface area contributed by atoms with Crippen molar-refractivity contribution in [3.63, 3.8) is 0 Å². The molecule has 1 aliphatic heterocycles. The van der Waals surface area contributed by atoms with Crippen molar-refractivity contribution in [3.8, 4) is 28.3 Å². The third-order valence-electron chi connectivity index (χ3n) is 11.2. The van der Waals surface area contributed by atoms with E-state index in [1.165, 1.54) is 32.4 Å². The van der Waals surface area contributed by atoms with Gasteiger partial charge in [0.25, 0.3) is 11.5 Å². The summed E-state index contributed by atoms with van der Waals surface area (Å²) < 4.78 is 23.6. The van der Waals surface area contributed by atoms with Crippen molar-refractivity contribution in [1.82, 2.24) is 24.3 Å². The zero-order valence-corrected chi connectivity index (χ0v) is 34.0. The summed E-state index contributed by atoms with van der Waals surface area (Å²) in [6, 6.07) is 10.1. The summed E-state index contributed by atoms with van der Waals surface area (Å²) in [7, 11) is 4.35. The maximum atomic E-state index is 15.7. The van der Waals surface area contributed by atoms with Crippen LogP contribution in [0.3, 0.4) is 0 Å². The van der Waals surface area contributed by atoms with Crippen LogP contribution in [-0.2, 0) is 25.3 Å². The van der Waals surface area contributed by atoms with E-state index in [0.717, 1.165) is 65.5 Å². The van der Waals surface area contributed by atoms with Gasteiger partial charge in [0.15, 0.2) is 0 Å². The fourth-order valence-corrected chi connectivity index (χ4v) is 8.00. The number of pyridine rings is 1. The van der Waals surface area contributed by atoms with Gasteiger partial charge in [0.05, 0.1) is 23.4 Å². The standard InChI is InChI=1S/C40H46ClFN6O5.C2H6/c1-8-22(3)35(49)45-40(9-2)17-18-48(21-40)31-16-13-24-19-30(44-37(53-7)33(24)31)25-11-10-12-26(34(25)41)32-23(4)29(15-14-28(32)42)43-36(50)27-20-46(5)39(52)47(6)38(27)51;1-2/h10-12,14-15,19-20,22,31H,8-9,13,16-18,21H2,1-7H3,(H,43,50)(H,45,49);1-2H3. The average molecular weight is 775 g/mol. The first-order valence-electron chi connectivity index (χ1n) is 19.0. The van der Waals surface area contributed by atoms with Crippen molar-refractivity contribution in [3.05, 3.63) is 96.5 Å². The molecule has 11 nitrogen and oxygen atoms in total. The number of carbonyl (C=O) groups is 2. The average Bonchev–Trinajstić information content (AvgIpc) is 3.82. The molecule has 3 heterocycles. The molecule has 2 aliphatic rings. The lowest BCUT2D eigenvalue weighted by atomic mass is 9.93. The number of rotatable bonds is 10. The number of hydrogen-bond acceptors (Lipinski definition) is 7. The quantitative estimate of drug-likeness (QED) is 0.175. The third kappa shape index (κ3) is 7.84. The summed E-state index contributed by atoms with van der Waals surface area (Å²) in [6.45, 7) is 13.4. The van der Waals surface area contributed by atoms with E-state index in [4.69, 9.17) is 21.3 Å². The second-order valence-electron chi connectivity index (χ2n) is 14.3. The van der Waals surface area contributed by atoms with Crippen LogP contribution in [0, 0.1) is 18.7 Å². The fourth-order valence-electron chi connectivity index (χ4n) is 7.68. The number of aromatic nitrogens is 3. The van der Waals surface area contributed by atoms with Gasteiger partial charge in [-0.3, -0.25) is 23.9 Å². The highest BCUT2D eigenvalue weighted by Gasteiger charge is 2.43. The van der Waals surface area contributed by atoms with E-state index < -0.39 is 23.0 Å². The number of ether oxygens (including phenoxy) is 1. The van der Waals surface area contributed by atoms with Crippen LogP contribution in [0.2, 0.25) is 5.02 Å². The van der Waals surface area contributed by atoms with Crippen LogP contribution in [-0.4, -0.2) is 56.6 Å². The minimum Gasteiger partial charge on any atom is -0.481 e. The number of carbonyl (C=O) groups excluding carboxylic acids is 2. The van der Waals surface area contributed by atoms with Gasteiger partial charge in [-0.15, -0.1) is 0 Å². The van der Waals surface area contributed by atoms with Gasteiger partial charge >= 0.3 is 5.69 Å². The minimum absolute atomic E-state index is 0.0342. The van der Waals surface area contributed by atoms with Gasteiger partial charge in [0, 0.05) is 73.3 Å². The first-order valence-corrected chi connectivity index (χ1v) is 19.4. The largest absolute Gasteiger partial charge is 0.481 e. The second kappa shape index (κ2) is 16.9. The van der Waals surface area contributed by atoms with Crippen molar-refractivity contribution in [2.24, 2.45) is 20.0 Å². The first kappa shape index (κ1) is 41.4. The van der Waals surface area contributed by atoms with E-state index in [1.54, 1.807) is 26.2 Å². The van der Waals surface area contributed by atoms with Crippen LogP contribution in [0.5, 0.6) is 5.88 Å². The monoisotopic (exact) mass is 774 g/mol. The molecular formula is C42H52ClFN6O5. The molecule has 6 rings (SSSR count). The number of methoxy groups -OCH3 is 1. The molecule has 2 aromatic carbocycles. The Hall–Kier alpha value is -4.81. The Labute approximate surface area is 326 Å². The molecule has 3 atom stereocenters. The maximum Gasteiger partial charge on any atom is 0.330 e. The number of benzene rings is 2. The van der Waals surface area contributed by atoms with E-state index in [9.17, 15) is 19.2 Å². The van der Waals surface area contributed by atoms with E-state index in [0.29, 0.717) is 28.3 Å². The molecule has 55 heavy (non-hydrogen) atoms. The van der Waals surface area contributed by atoms with Crippen LogP contribution in [0.15, 0.2) is 52.2 Å². The number of anilines is 1. The lowest BCUT2D eigenvalue weighted by Crippen LogP contribution is -2.51. The Morgan fingerprint density at radius 2 is 1.84 bits per heavy atom. The van der Waals surface area contributed by atoms with Crippen molar-refractivity contribution < 1.29 is 18.7 Å². The summed E-state index contributed by atoms with van der Waals surface area (Å²) in [6.07, 6.45) is 5.40. The topological polar surface area (TPSA) is 128 Å². The molecule has 13 heteroatoms. The molecule has 2 N–H and O–H groups in total. The molecule has 1 fully saturated rings. The Bertz CT molecular complexity index is 2240. The highest BCUT2D eigenvalue weighted by molar-refractivity contribution is 6.36. The van der Waals surface area contributed by atoms with Crippen LogP contribution >= 0.6 is 11.6 Å². The molecule has 0 saturated carbocycles. The molecule has 0 bridgehead atoms. The van der Waals surface area contributed by atoms with Crippen molar-refractivity contribution in [1.29, 1.82) is 0 Å². The number of aryl methyl sites for hydroxylation is 2. The highest BCUT2D eigenvalue weighted by Crippen LogP contribution is 2.46. The second-order valence-corrected chi connectivity index (χ2v) is 14.7. The van der Waals surface area contributed by atoms with Crippen molar-refractivity contribution in [2.75, 3.05) is 25.5 Å². The third-order valence-corrected chi connectivity index (χ3v) is 11.6. The van der Waals surface area contributed by atoms with Gasteiger partial charge in [0.2, 0.25) is 11.8 Å². The Kier molecular flexibility index (Phi) is 12.7. The molecular weight excluding hydrogens is 723 g/mol. The normalized spacial score (nSPS) is 18.3.